The lowest BCUT2D eigenvalue weighted by Crippen LogP contribution is -2.17. The largest absolute Gasteiger partial charge is 0.351 e. The zero-order valence-electron chi connectivity index (χ0n) is 12.1. The fraction of sp³-hybridized carbons (Fsp3) is 0.375. The van der Waals surface area contributed by atoms with E-state index in [0.717, 1.165) is 17.2 Å². The van der Waals surface area contributed by atoms with Gasteiger partial charge in [-0.25, -0.2) is 4.98 Å². The van der Waals surface area contributed by atoms with Gasteiger partial charge >= 0.3 is 0 Å². The fourth-order valence-electron chi connectivity index (χ4n) is 2.65. The second-order valence-corrected chi connectivity index (χ2v) is 5.86. The highest BCUT2D eigenvalue weighted by atomic mass is 35.5. The van der Waals surface area contributed by atoms with Crippen LogP contribution in [0.1, 0.15) is 31.4 Å². The first-order chi connectivity index (χ1) is 10.2. The molecule has 1 saturated carbocycles. The third-order valence-electron chi connectivity index (χ3n) is 3.68. The predicted octanol–water partition coefficient (Wildman–Crippen LogP) is 4.54. The monoisotopic (exact) mass is 302 g/mol. The highest BCUT2D eigenvalue weighted by Crippen LogP contribution is 2.25. The van der Waals surface area contributed by atoms with Gasteiger partial charge in [-0.15, -0.1) is 0 Å². The molecule has 21 heavy (non-hydrogen) atoms. The van der Waals surface area contributed by atoms with Gasteiger partial charge in [-0.05, 0) is 31.9 Å². The molecule has 0 bridgehead atoms. The smallest absolute Gasteiger partial charge is 0.225 e. The van der Waals surface area contributed by atoms with Gasteiger partial charge in [0.05, 0.1) is 10.7 Å². The first kappa shape index (κ1) is 14.1. The molecule has 1 aromatic carbocycles. The summed E-state index contributed by atoms with van der Waals surface area (Å²) in [5, 5.41) is 7.36. The lowest BCUT2D eigenvalue weighted by molar-refractivity contribution is 0.743. The van der Waals surface area contributed by atoms with E-state index in [1.165, 1.54) is 25.7 Å². The van der Waals surface area contributed by atoms with Gasteiger partial charge in [-0.2, -0.15) is 4.98 Å². The topological polar surface area (TPSA) is 49.8 Å². The van der Waals surface area contributed by atoms with Crippen LogP contribution in [0, 0.1) is 6.92 Å². The van der Waals surface area contributed by atoms with E-state index in [4.69, 9.17) is 11.6 Å². The maximum absolute atomic E-state index is 6.17. The maximum Gasteiger partial charge on any atom is 0.225 e. The summed E-state index contributed by atoms with van der Waals surface area (Å²) >= 11 is 6.17. The highest BCUT2D eigenvalue weighted by molar-refractivity contribution is 6.33. The average molecular weight is 303 g/mol. The minimum absolute atomic E-state index is 0.500. The van der Waals surface area contributed by atoms with E-state index in [1.54, 1.807) is 0 Å². The van der Waals surface area contributed by atoms with Gasteiger partial charge in [-0.3, -0.25) is 0 Å². The molecule has 4 nitrogen and oxygen atoms in total. The quantitative estimate of drug-likeness (QED) is 0.871. The van der Waals surface area contributed by atoms with Crippen LogP contribution in [-0.4, -0.2) is 16.0 Å². The average Bonchev–Trinajstić information content (AvgIpc) is 2.93. The molecule has 2 aromatic rings. The van der Waals surface area contributed by atoms with Crippen molar-refractivity contribution in [2.75, 3.05) is 10.6 Å². The van der Waals surface area contributed by atoms with Gasteiger partial charge in [-0.1, -0.05) is 36.6 Å². The van der Waals surface area contributed by atoms with Crippen LogP contribution < -0.4 is 10.6 Å². The standard InChI is InChI=1S/C16H19ClN4/c1-11-10-15(20-14-9-5-4-8-13(14)17)21-16(18-11)19-12-6-2-3-7-12/h4-5,8-10,12H,2-3,6-7H2,1H3,(H2,18,19,20,21). The molecule has 3 rings (SSSR count). The number of halogens is 1. The SMILES string of the molecule is Cc1cc(Nc2ccccc2Cl)nc(NC2CCCC2)n1. The van der Waals surface area contributed by atoms with Crippen LogP contribution in [0.15, 0.2) is 30.3 Å². The lowest BCUT2D eigenvalue weighted by atomic mass is 10.2. The summed E-state index contributed by atoms with van der Waals surface area (Å²) in [5.74, 6) is 1.45. The highest BCUT2D eigenvalue weighted by Gasteiger charge is 2.16. The Bertz CT molecular complexity index is 623. The Morgan fingerprint density at radius 3 is 2.67 bits per heavy atom. The van der Waals surface area contributed by atoms with Crippen molar-refractivity contribution >= 4 is 29.1 Å². The summed E-state index contributed by atoms with van der Waals surface area (Å²) in [6, 6.07) is 10.1. The fourth-order valence-corrected chi connectivity index (χ4v) is 2.83. The molecule has 0 spiro atoms. The van der Waals surface area contributed by atoms with Gasteiger partial charge in [0.2, 0.25) is 5.95 Å². The number of hydrogen-bond donors (Lipinski definition) is 2. The Morgan fingerprint density at radius 2 is 1.90 bits per heavy atom. The summed E-state index contributed by atoms with van der Waals surface area (Å²) in [5.41, 5.74) is 1.78. The molecular formula is C16H19ClN4. The Morgan fingerprint density at radius 1 is 1.14 bits per heavy atom. The zero-order chi connectivity index (χ0) is 14.7. The zero-order valence-corrected chi connectivity index (χ0v) is 12.8. The van der Waals surface area contributed by atoms with Crippen molar-refractivity contribution in [1.29, 1.82) is 0 Å². The maximum atomic E-state index is 6.17. The molecule has 0 aliphatic heterocycles. The summed E-state index contributed by atoms with van der Waals surface area (Å²) in [7, 11) is 0. The summed E-state index contributed by atoms with van der Waals surface area (Å²) < 4.78 is 0. The normalized spacial score (nSPS) is 15.1. The number of hydrogen-bond acceptors (Lipinski definition) is 4. The first-order valence-electron chi connectivity index (χ1n) is 7.34. The Balaban J connectivity index is 1.79. The van der Waals surface area contributed by atoms with Gasteiger partial charge < -0.3 is 10.6 Å². The van der Waals surface area contributed by atoms with Gasteiger partial charge in [0.1, 0.15) is 5.82 Å². The number of aryl methyl sites for hydroxylation is 1. The molecule has 110 valence electrons. The van der Waals surface area contributed by atoms with Crippen LogP contribution >= 0.6 is 11.6 Å². The van der Waals surface area contributed by atoms with Crippen LogP contribution in [0.4, 0.5) is 17.5 Å². The third-order valence-corrected chi connectivity index (χ3v) is 4.01. The number of para-hydroxylation sites is 1. The molecule has 0 amide bonds. The molecule has 1 aromatic heterocycles. The minimum Gasteiger partial charge on any atom is -0.351 e. The van der Waals surface area contributed by atoms with Crippen molar-refractivity contribution in [3.63, 3.8) is 0 Å². The van der Waals surface area contributed by atoms with Crippen molar-refractivity contribution in [2.45, 2.75) is 38.6 Å². The molecule has 1 aliphatic carbocycles. The van der Waals surface area contributed by atoms with Crippen molar-refractivity contribution in [3.05, 3.63) is 41.0 Å². The van der Waals surface area contributed by atoms with E-state index in [9.17, 15) is 0 Å². The van der Waals surface area contributed by atoms with Crippen molar-refractivity contribution in [3.8, 4) is 0 Å². The second-order valence-electron chi connectivity index (χ2n) is 5.45. The van der Waals surface area contributed by atoms with Gasteiger partial charge in [0.15, 0.2) is 0 Å². The van der Waals surface area contributed by atoms with Crippen LogP contribution in [0.2, 0.25) is 5.02 Å². The van der Waals surface area contributed by atoms with E-state index >= 15 is 0 Å². The van der Waals surface area contributed by atoms with Crippen molar-refractivity contribution in [2.24, 2.45) is 0 Å². The molecule has 0 radical (unpaired) electrons. The van der Waals surface area contributed by atoms with Gasteiger partial charge in [0.25, 0.3) is 0 Å². The minimum atomic E-state index is 0.500. The summed E-state index contributed by atoms with van der Waals surface area (Å²) in [4.78, 5) is 9.01. The van der Waals surface area contributed by atoms with Gasteiger partial charge in [0, 0.05) is 17.8 Å². The molecule has 0 unspecified atom stereocenters. The number of nitrogens with zero attached hydrogens (tertiary/aromatic N) is 2. The Labute approximate surface area is 130 Å². The predicted molar refractivity (Wildman–Crippen MR) is 87.4 cm³/mol. The summed E-state index contributed by atoms with van der Waals surface area (Å²) in [6.07, 6.45) is 4.97. The number of anilines is 3. The number of rotatable bonds is 4. The van der Waals surface area contributed by atoms with Crippen LogP contribution in [0.5, 0.6) is 0 Å². The summed E-state index contributed by atoms with van der Waals surface area (Å²) in [6.45, 7) is 1.97. The first-order valence-corrected chi connectivity index (χ1v) is 7.72. The number of aromatic nitrogens is 2. The molecule has 1 aliphatic rings. The van der Waals surface area contributed by atoms with Crippen LogP contribution in [-0.2, 0) is 0 Å². The van der Waals surface area contributed by atoms with Crippen LogP contribution in [0.25, 0.3) is 0 Å². The van der Waals surface area contributed by atoms with E-state index < -0.39 is 0 Å². The van der Waals surface area contributed by atoms with Crippen LogP contribution in [0.3, 0.4) is 0 Å². The van der Waals surface area contributed by atoms with E-state index in [0.29, 0.717) is 17.0 Å². The lowest BCUT2D eigenvalue weighted by Gasteiger charge is -2.14. The van der Waals surface area contributed by atoms with E-state index in [1.807, 2.05) is 37.3 Å². The molecule has 0 saturated heterocycles. The number of benzene rings is 1. The van der Waals surface area contributed by atoms with E-state index in [-0.39, 0.29) is 0 Å². The third kappa shape index (κ3) is 3.64. The molecule has 0 atom stereocenters. The molecule has 2 N–H and O–H groups in total. The number of nitrogens with one attached hydrogen (secondary N) is 2. The van der Waals surface area contributed by atoms with Crippen molar-refractivity contribution < 1.29 is 0 Å². The molecule has 1 heterocycles. The van der Waals surface area contributed by atoms with Crippen molar-refractivity contribution in [1.82, 2.24) is 9.97 Å². The Kier molecular flexibility index (Phi) is 4.25. The molecular weight excluding hydrogens is 284 g/mol. The molecule has 1 fully saturated rings. The molecule has 5 heteroatoms. The van der Waals surface area contributed by atoms with E-state index in [2.05, 4.69) is 20.6 Å². The second kappa shape index (κ2) is 6.31. The Hall–Kier alpha value is -1.81.